The van der Waals surface area contributed by atoms with E-state index >= 15 is 0 Å². The quantitative estimate of drug-likeness (QED) is 0.118. The molecule has 0 amide bonds. The zero-order valence-electron chi connectivity index (χ0n) is 34.8. The van der Waals surface area contributed by atoms with E-state index in [9.17, 15) is 0 Å². The summed E-state index contributed by atoms with van der Waals surface area (Å²) < 4.78 is 11.0. The summed E-state index contributed by atoms with van der Waals surface area (Å²) in [6.45, 7) is 13.1. The summed E-state index contributed by atoms with van der Waals surface area (Å²) in [5.74, 6) is 1.27. The van der Waals surface area contributed by atoms with Gasteiger partial charge in [-0.25, -0.2) is 0 Å². The smallest absolute Gasteiger partial charge is 0.480 e. The van der Waals surface area contributed by atoms with E-state index < -0.39 is 0 Å². The van der Waals surface area contributed by atoms with Crippen molar-refractivity contribution in [2.45, 2.75) is 39.5 Å². The van der Waals surface area contributed by atoms with Gasteiger partial charge in [0.15, 0.2) is 0 Å². The summed E-state index contributed by atoms with van der Waals surface area (Å²) in [5, 5.41) is 2.45. The van der Waals surface area contributed by atoms with Gasteiger partial charge in [-0.05, 0) is 73.0 Å². The number of oxazole rings is 1. The third kappa shape index (κ3) is 8.17. The monoisotopic (exact) mass is 987 g/mol. The molecule has 3 aromatic heterocycles. The summed E-state index contributed by atoms with van der Waals surface area (Å²) in [4.78, 5) is 5.08. The van der Waals surface area contributed by atoms with Crippen LogP contribution in [-0.4, -0.2) is 4.98 Å². The number of fused-ring (bicyclic) bond motifs is 4. The first-order chi connectivity index (χ1) is 29.2. The predicted molar refractivity (Wildman–Crippen MR) is 253 cm³/mol. The summed E-state index contributed by atoms with van der Waals surface area (Å²) in [5.41, 5.74) is 15.8. The van der Waals surface area contributed by atoms with Gasteiger partial charge in [-0.1, -0.05) is 160 Å². The number of rotatable bonds is 7. The van der Waals surface area contributed by atoms with Crippen LogP contribution in [0, 0.1) is 20.0 Å². The van der Waals surface area contributed by atoms with Crippen molar-refractivity contribution in [3.63, 3.8) is 0 Å². The van der Waals surface area contributed by atoms with Crippen LogP contribution in [0.5, 0.6) is 0 Å². The van der Waals surface area contributed by atoms with Gasteiger partial charge in [-0.3, -0.25) is 4.98 Å². The van der Waals surface area contributed by atoms with Crippen molar-refractivity contribution in [1.82, 2.24) is 4.98 Å². The Balaban J connectivity index is 0.000000291. The van der Waals surface area contributed by atoms with Crippen LogP contribution in [0.3, 0.4) is 0 Å². The fourth-order valence-corrected chi connectivity index (χ4v) is 9.39. The second kappa shape index (κ2) is 17.8. The first kappa shape index (κ1) is 41.5. The van der Waals surface area contributed by atoms with Gasteiger partial charge in [0, 0.05) is 17.3 Å². The summed E-state index contributed by atoms with van der Waals surface area (Å²) in [6.07, 6.45) is 1.93. The predicted octanol–water partition coefficient (Wildman–Crippen LogP) is 15.4. The Morgan fingerprint density at radius 2 is 1.26 bits per heavy atom. The van der Waals surface area contributed by atoms with E-state index in [1.165, 1.54) is 54.4 Å². The zero-order valence-corrected chi connectivity index (χ0v) is 38.0. The Morgan fingerprint density at radius 3 is 1.93 bits per heavy atom. The first-order valence-electron chi connectivity index (χ1n) is 20.5. The van der Waals surface area contributed by atoms with Gasteiger partial charge in [0.25, 0.3) is 0 Å². The van der Waals surface area contributed by atoms with Gasteiger partial charge in [0.1, 0.15) is 11.5 Å². The van der Waals surface area contributed by atoms with Crippen molar-refractivity contribution in [2.75, 3.05) is 0 Å². The van der Waals surface area contributed by atoms with E-state index in [1.807, 2.05) is 53.2 Å². The molecule has 0 N–H and O–H groups in total. The van der Waals surface area contributed by atoms with Crippen LogP contribution in [0.1, 0.15) is 56.2 Å². The number of aromatic nitrogens is 2. The minimum atomic E-state index is 0. The normalized spacial score (nSPS) is 11.2. The molecule has 0 atom stereocenters. The fraction of sp³-hybridized carbons (Fsp3) is 0.107. The van der Waals surface area contributed by atoms with Crippen molar-refractivity contribution in [3.8, 4) is 56.1 Å². The molecule has 0 aliphatic heterocycles. The molecule has 7 aromatic carbocycles. The van der Waals surface area contributed by atoms with E-state index in [0.717, 1.165) is 43.7 Å². The van der Waals surface area contributed by atoms with E-state index in [2.05, 4.69) is 169 Å². The second-order valence-electron chi connectivity index (χ2n) is 15.9. The van der Waals surface area contributed by atoms with Gasteiger partial charge in [-0.15, -0.1) is 35.9 Å². The van der Waals surface area contributed by atoms with Crippen LogP contribution >= 0.6 is 11.3 Å². The molecule has 0 unspecified atom stereocenters. The molecular formula is C56H46IrN2OS+. The molecule has 0 saturated carbocycles. The molecule has 300 valence electrons. The van der Waals surface area contributed by atoms with Crippen molar-refractivity contribution in [2.24, 2.45) is 0 Å². The molecule has 0 aliphatic carbocycles. The van der Waals surface area contributed by atoms with Crippen LogP contribution in [-0.2, 0) is 20.1 Å². The topological polar surface area (TPSA) is 29.9 Å². The molecule has 10 aromatic rings. The molecule has 0 fully saturated rings. The Labute approximate surface area is 376 Å². The van der Waals surface area contributed by atoms with E-state index in [1.54, 1.807) is 11.3 Å². The standard InChI is InChI=1S/C43H34NOS.C13H12N.Ir/c1-26(2)36-23-31(29-15-9-6-10-16-29)24-37(27(3)4)40(36)34-18-12-20-38-41(34)45-43(44-38)35-19-11-17-33-32-22-21-30(25-39(32)46-42(33)35)28-13-7-5-8-14-28;1-11-7-3-4-8-12(11)13-9-5-6-10-14(13)2;/h5-18,20-27H,1-4H3;3-10H,1-2H2;/q2*-1;+3. The van der Waals surface area contributed by atoms with E-state index in [0.29, 0.717) is 17.7 Å². The van der Waals surface area contributed by atoms with Crippen molar-refractivity contribution >= 4 is 42.6 Å². The molecular weight excluding hydrogens is 941 g/mol. The van der Waals surface area contributed by atoms with Gasteiger partial charge in [0.2, 0.25) is 0 Å². The van der Waals surface area contributed by atoms with Gasteiger partial charge in [0.05, 0.1) is 17.4 Å². The van der Waals surface area contributed by atoms with Gasteiger partial charge in [-0.2, -0.15) is 29.9 Å². The number of hydrogen-bond acceptors (Lipinski definition) is 3. The van der Waals surface area contributed by atoms with Crippen molar-refractivity contribution in [3.05, 3.63) is 207 Å². The Bertz CT molecular complexity index is 3050. The number of thiophene rings is 1. The number of benzene rings is 7. The first-order valence-corrected chi connectivity index (χ1v) is 21.4. The van der Waals surface area contributed by atoms with Gasteiger partial charge >= 0.3 is 20.1 Å². The Hall–Kier alpha value is -6.23. The van der Waals surface area contributed by atoms with E-state index in [4.69, 9.17) is 9.40 Å². The maximum absolute atomic E-state index is 6.79. The molecule has 0 bridgehead atoms. The number of nitrogens with zero attached hydrogens (tertiary/aromatic N) is 2. The van der Waals surface area contributed by atoms with Crippen LogP contribution < -0.4 is 4.57 Å². The molecule has 10 rings (SSSR count). The van der Waals surface area contributed by atoms with E-state index in [-0.39, 0.29) is 20.1 Å². The fourth-order valence-electron chi connectivity index (χ4n) is 8.16. The minimum absolute atomic E-state index is 0. The van der Waals surface area contributed by atoms with Crippen LogP contribution in [0.4, 0.5) is 0 Å². The summed E-state index contributed by atoms with van der Waals surface area (Å²) in [6, 6.07) is 60.8. The minimum Gasteiger partial charge on any atom is -0.480 e. The largest absolute Gasteiger partial charge is 3.00 e. The Kier molecular flexibility index (Phi) is 12.1. The van der Waals surface area contributed by atoms with Crippen LogP contribution in [0.15, 0.2) is 174 Å². The number of para-hydroxylation sites is 1. The molecule has 0 spiro atoms. The SMILES string of the molecule is CC(C)c1cc(-c2ccccc2)cc(C(C)C)c1-c1cccc2nc(-c3[c-]ccc4c3sc3cc(-c5ccccc5)ccc34)oc12.[CH2-]c1ccccc1-c1cccc[n+]1[CH2-].[Ir+3]. The maximum atomic E-state index is 6.79. The van der Waals surface area contributed by atoms with Crippen LogP contribution in [0.2, 0.25) is 0 Å². The molecule has 5 heteroatoms. The molecule has 3 heterocycles. The van der Waals surface area contributed by atoms with Gasteiger partial charge < -0.3 is 8.98 Å². The zero-order chi connectivity index (χ0) is 41.3. The third-order valence-corrected chi connectivity index (χ3v) is 12.4. The molecule has 0 saturated heterocycles. The van der Waals surface area contributed by atoms with Crippen molar-refractivity contribution < 1.29 is 29.1 Å². The molecule has 0 radical (unpaired) electrons. The number of hydrogen-bond donors (Lipinski definition) is 0. The Morgan fingerprint density at radius 1 is 0.623 bits per heavy atom. The molecule has 0 aliphatic rings. The average Bonchev–Trinajstić information content (AvgIpc) is 3.89. The third-order valence-electron chi connectivity index (χ3n) is 11.2. The summed E-state index contributed by atoms with van der Waals surface area (Å²) >= 11 is 1.78. The molecule has 61 heavy (non-hydrogen) atoms. The molecule has 3 nitrogen and oxygen atoms in total. The number of pyridine rings is 1. The maximum Gasteiger partial charge on any atom is 3.00 e. The average molecular weight is 987 g/mol. The van der Waals surface area contributed by atoms with Crippen LogP contribution in [0.25, 0.3) is 87.4 Å². The van der Waals surface area contributed by atoms with Crippen molar-refractivity contribution in [1.29, 1.82) is 0 Å². The second-order valence-corrected chi connectivity index (χ2v) is 16.9. The summed E-state index contributed by atoms with van der Waals surface area (Å²) in [7, 11) is 3.93.